The van der Waals surface area contributed by atoms with Crippen molar-refractivity contribution in [1.82, 2.24) is 0 Å². The summed E-state index contributed by atoms with van der Waals surface area (Å²) in [6.07, 6.45) is 43.7. The highest BCUT2D eigenvalue weighted by Crippen LogP contribution is 2.33. The molecule has 0 aliphatic heterocycles. The van der Waals surface area contributed by atoms with Crippen molar-refractivity contribution in [3.05, 3.63) is 0 Å². The number of unbranched alkanes of at least 4 members (excludes halogenated alkanes) is 30. The molecule has 0 aromatic carbocycles. The SMILES string of the molecule is CCCCCCCCCCCCCCCCCCOC(CCCCCCCCCCCCCCCCCC)C(CO)(CO)CO.OCC(CO)(COP(O)O)COP(O)O. The summed E-state index contributed by atoms with van der Waals surface area (Å²) in [6, 6.07) is 0. The van der Waals surface area contributed by atoms with Crippen LogP contribution in [0.1, 0.15) is 226 Å². The zero-order valence-electron chi connectivity index (χ0n) is 38.7. The van der Waals surface area contributed by atoms with Gasteiger partial charge in [-0.15, -0.1) is 0 Å². The van der Waals surface area contributed by atoms with Crippen molar-refractivity contribution in [2.24, 2.45) is 10.8 Å². The molecule has 0 aromatic heterocycles. The lowest BCUT2D eigenvalue weighted by atomic mass is 9.81. The maximum absolute atomic E-state index is 10.0. The van der Waals surface area contributed by atoms with Gasteiger partial charge in [0.2, 0.25) is 0 Å². The molecule has 12 nitrogen and oxygen atoms in total. The van der Waals surface area contributed by atoms with Crippen LogP contribution in [-0.2, 0) is 13.8 Å². The second-order valence-electron chi connectivity index (χ2n) is 17.5. The van der Waals surface area contributed by atoms with Crippen LogP contribution in [0.4, 0.5) is 0 Å². The number of hydrogen-bond donors (Lipinski definition) is 9. The van der Waals surface area contributed by atoms with Crippen LogP contribution in [0.3, 0.4) is 0 Å². The maximum atomic E-state index is 10.0. The first-order valence-electron chi connectivity index (χ1n) is 24.4. The molecule has 0 radical (unpaired) electrons. The van der Waals surface area contributed by atoms with Gasteiger partial charge in [-0.05, 0) is 12.8 Å². The van der Waals surface area contributed by atoms with Gasteiger partial charge in [0.05, 0.1) is 63.2 Å². The van der Waals surface area contributed by atoms with Gasteiger partial charge in [-0.3, -0.25) is 0 Å². The molecule has 14 heteroatoms. The Kier molecular flexibility index (Phi) is 49.3. The van der Waals surface area contributed by atoms with E-state index >= 15 is 0 Å². The minimum absolute atomic E-state index is 0.234. The summed E-state index contributed by atoms with van der Waals surface area (Å²) in [5.74, 6) is 0. The maximum Gasteiger partial charge on any atom is 0.327 e. The summed E-state index contributed by atoms with van der Waals surface area (Å²) >= 11 is 0. The number of rotatable bonds is 47. The third-order valence-corrected chi connectivity index (χ3v) is 12.6. The Morgan fingerprint density at radius 1 is 0.367 bits per heavy atom. The van der Waals surface area contributed by atoms with Crippen LogP contribution in [0.25, 0.3) is 0 Å². The average Bonchev–Trinajstić information content (AvgIpc) is 3.25. The summed E-state index contributed by atoms with van der Waals surface area (Å²) in [5, 5.41) is 48.0. The quantitative estimate of drug-likeness (QED) is 0.0206. The predicted octanol–water partition coefficient (Wildman–Crippen LogP) is 10.7. The van der Waals surface area contributed by atoms with E-state index in [0.29, 0.717) is 6.61 Å². The predicted molar refractivity (Wildman–Crippen MR) is 248 cm³/mol. The monoisotopic (exact) mass is 905 g/mol. The Hall–Kier alpha value is 0.380. The van der Waals surface area contributed by atoms with Gasteiger partial charge in [0.25, 0.3) is 0 Å². The van der Waals surface area contributed by atoms with Crippen molar-refractivity contribution in [2.45, 2.75) is 232 Å². The minimum Gasteiger partial charge on any atom is -0.396 e. The fourth-order valence-corrected chi connectivity index (χ4v) is 8.22. The van der Waals surface area contributed by atoms with Crippen LogP contribution in [0, 0.1) is 10.8 Å². The zero-order chi connectivity index (χ0) is 44.8. The lowest BCUT2D eigenvalue weighted by Crippen LogP contribution is -2.46. The molecule has 60 heavy (non-hydrogen) atoms. The molecule has 364 valence electrons. The Labute approximate surface area is 370 Å². The molecule has 1 atom stereocenters. The molecule has 0 spiro atoms. The second-order valence-corrected chi connectivity index (χ2v) is 19.0. The molecule has 0 amide bonds. The lowest BCUT2D eigenvalue weighted by molar-refractivity contribution is -0.117. The average molecular weight is 905 g/mol. The number of aliphatic hydroxyl groups excluding tert-OH is 5. The molecule has 0 fully saturated rings. The Morgan fingerprint density at radius 3 is 0.883 bits per heavy atom. The van der Waals surface area contributed by atoms with Gasteiger partial charge in [-0.25, -0.2) is 0 Å². The molecule has 0 saturated heterocycles. The van der Waals surface area contributed by atoms with Gasteiger partial charge < -0.3 is 58.9 Å². The molecule has 0 rings (SSSR count). The van der Waals surface area contributed by atoms with E-state index in [1.54, 1.807) is 0 Å². The van der Waals surface area contributed by atoms with Crippen LogP contribution >= 0.6 is 17.2 Å². The van der Waals surface area contributed by atoms with Crippen LogP contribution < -0.4 is 0 Å². The fraction of sp³-hybridized carbons (Fsp3) is 1.00. The summed E-state index contributed by atoms with van der Waals surface area (Å²) < 4.78 is 15.1. The molecule has 0 aliphatic rings. The Balaban J connectivity index is 0. The van der Waals surface area contributed by atoms with Crippen molar-refractivity contribution in [2.75, 3.05) is 52.9 Å². The van der Waals surface area contributed by atoms with E-state index in [2.05, 4.69) is 22.9 Å². The smallest absolute Gasteiger partial charge is 0.327 e. The van der Waals surface area contributed by atoms with Gasteiger partial charge in [-0.1, -0.05) is 213 Å². The highest BCUT2D eigenvalue weighted by molar-refractivity contribution is 7.39. The van der Waals surface area contributed by atoms with E-state index in [1.807, 2.05) is 0 Å². The fourth-order valence-electron chi connectivity index (χ4n) is 7.44. The van der Waals surface area contributed by atoms with E-state index in [9.17, 15) is 15.3 Å². The molecule has 9 N–H and O–H groups in total. The van der Waals surface area contributed by atoms with Crippen LogP contribution in [0.15, 0.2) is 0 Å². The molecule has 0 heterocycles. The highest BCUT2D eigenvalue weighted by Gasteiger charge is 2.38. The summed E-state index contributed by atoms with van der Waals surface area (Å²) in [5.41, 5.74) is -2.23. The van der Waals surface area contributed by atoms with E-state index in [4.69, 9.17) is 34.5 Å². The summed E-state index contributed by atoms with van der Waals surface area (Å²) in [6.45, 7) is 2.66. The standard InChI is InChI=1S/C41H84O4.C5H14O8P2/c1-3-5-7-9-11-13-15-17-19-21-23-25-27-29-31-33-35-40(41(37-42,38-43)39-44)45-36-34-32-30-28-26-24-22-20-18-16-14-12-10-8-6-4-2;6-1-5(2-7,3-12-14(8)9)4-13-15(10)11/h40,42-44H,3-39H2,1-2H3;6-11H,1-4H2. The first-order valence-corrected chi connectivity index (χ1v) is 26.8. The van der Waals surface area contributed by atoms with Gasteiger partial charge in [-0.2, -0.15) is 0 Å². The third-order valence-electron chi connectivity index (χ3n) is 11.9. The van der Waals surface area contributed by atoms with Crippen LogP contribution in [0.2, 0.25) is 0 Å². The molecule has 0 saturated carbocycles. The summed E-state index contributed by atoms with van der Waals surface area (Å²) in [4.78, 5) is 33.9. The van der Waals surface area contributed by atoms with Gasteiger partial charge >= 0.3 is 17.2 Å². The molecule has 0 aliphatic carbocycles. The Morgan fingerprint density at radius 2 is 0.633 bits per heavy atom. The van der Waals surface area contributed by atoms with Gasteiger partial charge in [0.1, 0.15) is 0 Å². The Bertz CT molecular complexity index is 800. The van der Waals surface area contributed by atoms with Crippen molar-refractivity contribution < 1.29 is 58.9 Å². The first kappa shape index (κ1) is 62.5. The zero-order valence-corrected chi connectivity index (χ0v) is 40.5. The van der Waals surface area contributed by atoms with E-state index < -0.39 is 41.2 Å². The van der Waals surface area contributed by atoms with Gasteiger partial charge in [0, 0.05) is 6.61 Å². The van der Waals surface area contributed by atoms with Crippen molar-refractivity contribution >= 4 is 17.2 Å². The molecular weight excluding hydrogens is 806 g/mol. The third kappa shape index (κ3) is 38.8. The van der Waals surface area contributed by atoms with E-state index in [-0.39, 0.29) is 39.1 Å². The van der Waals surface area contributed by atoms with E-state index in [0.717, 1.165) is 25.7 Å². The lowest BCUT2D eigenvalue weighted by Gasteiger charge is -2.36. The van der Waals surface area contributed by atoms with Crippen molar-refractivity contribution in [3.8, 4) is 0 Å². The van der Waals surface area contributed by atoms with Crippen molar-refractivity contribution in [3.63, 3.8) is 0 Å². The number of aliphatic hydroxyl groups is 5. The molecule has 0 bridgehead atoms. The van der Waals surface area contributed by atoms with Crippen LogP contribution in [0.5, 0.6) is 0 Å². The largest absolute Gasteiger partial charge is 0.396 e. The number of hydrogen-bond acceptors (Lipinski definition) is 12. The molecular formula is C46H98O12P2. The van der Waals surface area contributed by atoms with Crippen molar-refractivity contribution in [1.29, 1.82) is 0 Å². The first-order chi connectivity index (χ1) is 29.2. The molecule has 0 aromatic rings. The second kappa shape index (κ2) is 47.3. The van der Waals surface area contributed by atoms with Gasteiger partial charge in [0.15, 0.2) is 0 Å². The topological polar surface area (TPSA) is 210 Å². The van der Waals surface area contributed by atoms with E-state index in [1.165, 1.54) is 186 Å². The highest BCUT2D eigenvalue weighted by atomic mass is 31.2. The van der Waals surface area contributed by atoms with Crippen LogP contribution in [-0.4, -0.2) is 104 Å². The summed E-state index contributed by atoms with van der Waals surface area (Å²) in [7, 11) is -5.20. The molecule has 1 unspecified atom stereocenters. The minimum atomic E-state index is -2.60. The normalized spacial score (nSPS) is 12.8. The number of ether oxygens (including phenoxy) is 1.